The zero-order valence-corrected chi connectivity index (χ0v) is 19.0. The molecule has 3 aliphatic heterocycles. The van der Waals surface area contributed by atoms with E-state index in [1.807, 2.05) is 23.1 Å². The van der Waals surface area contributed by atoms with Crippen LogP contribution < -0.4 is 4.90 Å². The van der Waals surface area contributed by atoms with Crippen LogP contribution >= 0.6 is 0 Å². The highest BCUT2D eigenvalue weighted by Crippen LogP contribution is 2.35. The molecule has 182 valence electrons. The molecule has 0 radical (unpaired) electrons. The van der Waals surface area contributed by atoms with Crippen molar-refractivity contribution in [1.82, 2.24) is 14.8 Å². The van der Waals surface area contributed by atoms with Crippen LogP contribution in [0, 0.1) is 0 Å². The average Bonchev–Trinajstić information content (AvgIpc) is 3.59. The Kier molecular flexibility index (Phi) is 5.32. The maximum Gasteiger partial charge on any atom is 0.417 e. The number of amides is 1. The first kappa shape index (κ1) is 22.2. The van der Waals surface area contributed by atoms with Crippen molar-refractivity contribution in [3.05, 3.63) is 66.1 Å². The normalized spacial score (nSPS) is 22.8. The lowest BCUT2D eigenvalue weighted by atomic mass is 9.98. The molecule has 9 heteroatoms. The number of carbonyl (C=O) groups is 1. The number of alkyl halides is 3. The van der Waals surface area contributed by atoms with Gasteiger partial charge in [-0.1, -0.05) is 24.3 Å². The van der Waals surface area contributed by atoms with Crippen LogP contribution in [0.1, 0.15) is 24.0 Å². The lowest BCUT2D eigenvalue weighted by Crippen LogP contribution is -2.50. The third kappa shape index (κ3) is 4.07. The Labute approximate surface area is 200 Å². The number of hydrogen-bond acceptors (Lipinski definition) is 5. The van der Waals surface area contributed by atoms with Gasteiger partial charge in [-0.3, -0.25) is 9.69 Å². The minimum atomic E-state index is -4.39. The summed E-state index contributed by atoms with van der Waals surface area (Å²) < 4.78 is 44.1. The highest BCUT2D eigenvalue weighted by Gasteiger charge is 2.44. The Balaban J connectivity index is 1.06. The van der Waals surface area contributed by atoms with E-state index in [1.165, 1.54) is 11.6 Å². The van der Waals surface area contributed by atoms with Gasteiger partial charge in [-0.25, -0.2) is 4.98 Å². The number of piperazine rings is 1. The molecule has 0 saturated carbocycles. The molecule has 6 nitrogen and oxygen atoms in total. The van der Waals surface area contributed by atoms with E-state index >= 15 is 0 Å². The van der Waals surface area contributed by atoms with Crippen LogP contribution in [0.3, 0.4) is 0 Å². The quantitative estimate of drug-likeness (QED) is 0.551. The van der Waals surface area contributed by atoms with E-state index in [1.54, 1.807) is 6.26 Å². The van der Waals surface area contributed by atoms with Crippen LogP contribution in [-0.4, -0.2) is 65.5 Å². The summed E-state index contributed by atoms with van der Waals surface area (Å²) >= 11 is 0. The largest absolute Gasteiger partial charge is 0.464 e. The molecule has 1 aromatic carbocycles. The second-order valence-electron chi connectivity index (χ2n) is 9.49. The summed E-state index contributed by atoms with van der Waals surface area (Å²) in [5.41, 5.74) is 2.44. The lowest BCUT2D eigenvalue weighted by Gasteiger charge is -2.36. The fourth-order valence-electron chi connectivity index (χ4n) is 5.61. The van der Waals surface area contributed by atoms with Crippen LogP contribution in [0.5, 0.6) is 0 Å². The van der Waals surface area contributed by atoms with Gasteiger partial charge in [0, 0.05) is 55.4 Å². The molecule has 2 saturated heterocycles. The van der Waals surface area contributed by atoms with Crippen LogP contribution in [0.15, 0.2) is 59.4 Å². The molecule has 2 unspecified atom stereocenters. The number of carbonyl (C=O) groups excluding carboxylic acids is 1. The first-order valence-corrected chi connectivity index (χ1v) is 11.8. The molecule has 2 fully saturated rings. The predicted octanol–water partition coefficient (Wildman–Crippen LogP) is 4.43. The summed E-state index contributed by atoms with van der Waals surface area (Å²) in [5, 5.41) is 1.08. The smallest absolute Gasteiger partial charge is 0.417 e. The monoisotopic (exact) mass is 482 g/mol. The second-order valence-corrected chi connectivity index (χ2v) is 9.49. The molecule has 0 N–H and O–H groups in total. The van der Waals surface area contributed by atoms with Crippen molar-refractivity contribution < 1.29 is 22.4 Å². The van der Waals surface area contributed by atoms with Gasteiger partial charge in [0.1, 0.15) is 11.4 Å². The number of nitrogens with zero attached hydrogens (tertiary/aromatic N) is 4. The fourth-order valence-corrected chi connectivity index (χ4v) is 5.61. The van der Waals surface area contributed by atoms with E-state index in [2.05, 4.69) is 26.9 Å². The number of para-hydroxylation sites is 1. The molecular formula is C26H25F3N4O2. The van der Waals surface area contributed by atoms with Crippen molar-refractivity contribution in [2.75, 3.05) is 37.6 Å². The second kappa shape index (κ2) is 8.41. The Bertz CT molecular complexity index is 1280. The zero-order chi connectivity index (χ0) is 24.2. The van der Waals surface area contributed by atoms with Gasteiger partial charge in [0.15, 0.2) is 0 Å². The topological polar surface area (TPSA) is 52.8 Å². The summed E-state index contributed by atoms with van der Waals surface area (Å²) in [6.45, 7) is 3.01. The number of hydrogen-bond donors (Lipinski definition) is 0. The van der Waals surface area contributed by atoms with E-state index in [0.29, 0.717) is 38.5 Å². The molecule has 3 aliphatic rings. The number of anilines is 1. The molecular weight excluding hydrogens is 457 g/mol. The van der Waals surface area contributed by atoms with E-state index in [9.17, 15) is 18.0 Å². The Morgan fingerprint density at radius 3 is 2.69 bits per heavy atom. The van der Waals surface area contributed by atoms with Gasteiger partial charge in [0.05, 0.1) is 18.4 Å². The van der Waals surface area contributed by atoms with Crippen molar-refractivity contribution in [2.24, 2.45) is 0 Å². The van der Waals surface area contributed by atoms with Crippen molar-refractivity contribution in [3.8, 4) is 0 Å². The van der Waals surface area contributed by atoms with Gasteiger partial charge < -0.3 is 14.2 Å². The summed E-state index contributed by atoms with van der Waals surface area (Å²) in [5.74, 6) is 0.681. The molecule has 3 aromatic rings. The molecule has 1 amide bonds. The summed E-state index contributed by atoms with van der Waals surface area (Å²) in [6, 6.07) is 11.0. The third-order valence-electron chi connectivity index (χ3n) is 7.45. The van der Waals surface area contributed by atoms with Crippen molar-refractivity contribution in [3.63, 3.8) is 0 Å². The van der Waals surface area contributed by atoms with Gasteiger partial charge >= 0.3 is 6.18 Å². The molecule has 6 rings (SSSR count). The maximum absolute atomic E-state index is 13.0. The molecule has 5 heterocycles. The lowest BCUT2D eigenvalue weighted by molar-refractivity contribution is -0.137. The van der Waals surface area contributed by atoms with Crippen LogP contribution in [0.4, 0.5) is 19.0 Å². The van der Waals surface area contributed by atoms with Crippen molar-refractivity contribution in [2.45, 2.75) is 31.1 Å². The Morgan fingerprint density at radius 2 is 2.00 bits per heavy atom. The Hall–Kier alpha value is -3.33. The van der Waals surface area contributed by atoms with Gasteiger partial charge in [0.25, 0.3) is 0 Å². The first-order chi connectivity index (χ1) is 16.9. The van der Waals surface area contributed by atoms with Gasteiger partial charge in [-0.05, 0) is 36.6 Å². The standard InChI is InChI=1S/C26H25F3N4O2/c27-26(28,29)19-4-5-23(30-13-19)33-15-20-12-21(33)14-32(20)16-24(34)31-9-6-17(7-10-31)22-3-1-2-18-8-11-35-25(18)22/h1-6,8,11,13,20-21H,7,9-10,12,14-16H2. The van der Waals surface area contributed by atoms with E-state index < -0.39 is 11.7 Å². The number of pyridine rings is 1. The minimum absolute atomic E-state index is 0.114. The average molecular weight is 483 g/mol. The van der Waals surface area contributed by atoms with Gasteiger partial charge in [-0.2, -0.15) is 13.2 Å². The third-order valence-corrected chi connectivity index (χ3v) is 7.45. The highest BCUT2D eigenvalue weighted by molar-refractivity contribution is 5.90. The first-order valence-electron chi connectivity index (χ1n) is 11.8. The van der Waals surface area contributed by atoms with Crippen molar-refractivity contribution in [1.29, 1.82) is 0 Å². The van der Waals surface area contributed by atoms with E-state index in [0.717, 1.165) is 41.6 Å². The number of aromatic nitrogens is 1. The fraction of sp³-hybridized carbons (Fsp3) is 0.385. The molecule has 0 aliphatic carbocycles. The zero-order valence-electron chi connectivity index (χ0n) is 19.0. The van der Waals surface area contributed by atoms with Crippen LogP contribution in [0.2, 0.25) is 0 Å². The van der Waals surface area contributed by atoms with Crippen LogP contribution in [0.25, 0.3) is 16.5 Å². The number of rotatable bonds is 4. The molecule has 2 bridgehead atoms. The number of benzene rings is 1. The SMILES string of the molecule is O=C(CN1CC2CC1CN2c1ccc(C(F)(F)F)cn1)N1CC=C(c2cccc3ccoc23)CC1. The van der Waals surface area contributed by atoms with Gasteiger partial charge in [-0.15, -0.1) is 0 Å². The van der Waals surface area contributed by atoms with E-state index in [4.69, 9.17) is 4.42 Å². The molecule has 2 atom stereocenters. The van der Waals surface area contributed by atoms with Crippen LogP contribution in [-0.2, 0) is 11.0 Å². The maximum atomic E-state index is 13.0. The predicted molar refractivity (Wildman–Crippen MR) is 126 cm³/mol. The van der Waals surface area contributed by atoms with Gasteiger partial charge in [0.2, 0.25) is 5.91 Å². The number of likely N-dealkylation sites (tertiary alicyclic amines) is 1. The summed E-state index contributed by atoms with van der Waals surface area (Å²) in [4.78, 5) is 23.3. The molecule has 2 aromatic heterocycles. The number of furan rings is 1. The summed E-state index contributed by atoms with van der Waals surface area (Å²) in [7, 11) is 0. The number of fused-ring (bicyclic) bond motifs is 3. The number of halogens is 3. The molecule has 0 spiro atoms. The Morgan fingerprint density at radius 1 is 1.11 bits per heavy atom. The van der Waals surface area contributed by atoms with E-state index in [-0.39, 0.29) is 18.0 Å². The van der Waals surface area contributed by atoms with Crippen molar-refractivity contribution >= 4 is 28.3 Å². The highest BCUT2D eigenvalue weighted by atomic mass is 19.4. The summed E-state index contributed by atoms with van der Waals surface area (Å²) in [6.07, 6.45) is 2.01. The molecule has 35 heavy (non-hydrogen) atoms. The minimum Gasteiger partial charge on any atom is -0.464 e.